The summed E-state index contributed by atoms with van der Waals surface area (Å²) in [7, 11) is 0. The van der Waals surface area contributed by atoms with Gasteiger partial charge in [-0.25, -0.2) is 0 Å². The third kappa shape index (κ3) is 2.83. The van der Waals surface area contributed by atoms with Gasteiger partial charge in [0.1, 0.15) is 11.2 Å². The molecule has 3 aromatic rings. The van der Waals surface area contributed by atoms with Gasteiger partial charge in [-0.05, 0) is 31.0 Å². The molecule has 0 unspecified atom stereocenters. The summed E-state index contributed by atoms with van der Waals surface area (Å²) < 4.78 is 6.03. The minimum absolute atomic E-state index is 0.982. The number of fused-ring (bicyclic) bond motifs is 3. The molecular weight excluding hydrogens is 270 g/mol. The fraction of sp³-hybridized carbons (Fsp3) is 0.400. The molecule has 0 saturated carbocycles. The summed E-state index contributed by atoms with van der Waals surface area (Å²) in [6.07, 6.45) is 4.92. The van der Waals surface area contributed by atoms with E-state index in [-0.39, 0.29) is 0 Å². The van der Waals surface area contributed by atoms with Gasteiger partial charge < -0.3 is 9.32 Å². The van der Waals surface area contributed by atoms with Gasteiger partial charge in [0.15, 0.2) is 0 Å². The van der Waals surface area contributed by atoms with Gasteiger partial charge in [-0.3, -0.25) is 0 Å². The van der Waals surface area contributed by atoms with Crippen LogP contribution in [0.1, 0.15) is 39.5 Å². The molecule has 0 aliphatic carbocycles. The molecule has 0 saturated heterocycles. The Hall–Kier alpha value is -1.96. The van der Waals surface area contributed by atoms with Crippen molar-refractivity contribution in [2.75, 3.05) is 18.0 Å². The molecule has 2 aromatic carbocycles. The molecule has 1 heterocycles. The minimum Gasteiger partial charge on any atom is -0.456 e. The normalized spacial score (nSPS) is 11.4. The summed E-state index contributed by atoms with van der Waals surface area (Å²) >= 11 is 0. The van der Waals surface area contributed by atoms with E-state index in [1.807, 2.05) is 6.07 Å². The highest BCUT2D eigenvalue weighted by Gasteiger charge is 2.14. The third-order valence-electron chi connectivity index (χ3n) is 4.28. The number of anilines is 1. The molecule has 0 atom stereocenters. The van der Waals surface area contributed by atoms with Crippen LogP contribution in [0.25, 0.3) is 21.9 Å². The molecule has 0 aliphatic heterocycles. The molecule has 2 heteroatoms. The number of hydrogen-bond acceptors (Lipinski definition) is 2. The molecule has 0 amide bonds. The molecule has 22 heavy (non-hydrogen) atoms. The van der Waals surface area contributed by atoms with E-state index >= 15 is 0 Å². The maximum atomic E-state index is 6.03. The predicted octanol–water partition coefficient (Wildman–Crippen LogP) is 5.99. The molecule has 0 N–H and O–H groups in total. The number of rotatable bonds is 7. The second kappa shape index (κ2) is 6.87. The molecule has 0 aliphatic rings. The first kappa shape index (κ1) is 15.0. The highest BCUT2D eigenvalue weighted by Crippen LogP contribution is 2.36. The lowest BCUT2D eigenvalue weighted by atomic mass is 10.1. The van der Waals surface area contributed by atoms with E-state index in [1.54, 1.807) is 0 Å². The molecule has 116 valence electrons. The van der Waals surface area contributed by atoms with Crippen molar-refractivity contribution >= 4 is 27.6 Å². The molecular formula is C20H25NO. The van der Waals surface area contributed by atoms with Gasteiger partial charge in [0.2, 0.25) is 0 Å². The lowest BCUT2D eigenvalue weighted by molar-refractivity contribution is 0.666. The van der Waals surface area contributed by atoms with E-state index in [4.69, 9.17) is 4.42 Å². The third-order valence-corrected chi connectivity index (χ3v) is 4.28. The number of unbranched alkanes of at least 4 members (excludes halogenated alkanes) is 2. The van der Waals surface area contributed by atoms with Gasteiger partial charge in [-0.1, -0.05) is 51.0 Å². The monoisotopic (exact) mass is 295 g/mol. The van der Waals surface area contributed by atoms with Crippen LogP contribution in [0.5, 0.6) is 0 Å². The van der Waals surface area contributed by atoms with Crippen LogP contribution in [-0.4, -0.2) is 13.1 Å². The van der Waals surface area contributed by atoms with Crippen LogP contribution < -0.4 is 4.90 Å². The Morgan fingerprint density at radius 1 is 0.818 bits per heavy atom. The zero-order chi connectivity index (χ0) is 15.4. The smallest absolute Gasteiger partial charge is 0.137 e. The predicted molar refractivity (Wildman–Crippen MR) is 95.7 cm³/mol. The molecule has 0 spiro atoms. The number of furan rings is 1. The van der Waals surface area contributed by atoms with E-state index in [9.17, 15) is 0 Å². The van der Waals surface area contributed by atoms with Crippen LogP contribution in [0.4, 0.5) is 5.69 Å². The second-order valence-electron chi connectivity index (χ2n) is 5.94. The van der Waals surface area contributed by atoms with Crippen LogP contribution in [0.2, 0.25) is 0 Å². The van der Waals surface area contributed by atoms with E-state index in [2.05, 4.69) is 55.1 Å². The summed E-state index contributed by atoms with van der Waals surface area (Å²) in [6.45, 7) is 6.75. The van der Waals surface area contributed by atoms with Crippen LogP contribution in [0, 0.1) is 0 Å². The quantitative estimate of drug-likeness (QED) is 0.532. The first-order valence-electron chi connectivity index (χ1n) is 8.50. The number of para-hydroxylation sites is 1. The van der Waals surface area contributed by atoms with Crippen molar-refractivity contribution in [1.82, 2.24) is 0 Å². The van der Waals surface area contributed by atoms with Crippen molar-refractivity contribution in [3.63, 3.8) is 0 Å². The maximum absolute atomic E-state index is 6.03. The summed E-state index contributed by atoms with van der Waals surface area (Å²) in [5.74, 6) is 0. The zero-order valence-corrected chi connectivity index (χ0v) is 13.6. The van der Waals surface area contributed by atoms with Crippen LogP contribution in [-0.2, 0) is 0 Å². The summed E-state index contributed by atoms with van der Waals surface area (Å²) in [5.41, 5.74) is 3.30. The van der Waals surface area contributed by atoms with Gasteiger partial charge in [-0.15, -0.1) is 0 Å². The van der Waals surface area contributed by atoms with Crippen LogP contribution in [0.15, 0.2) is 46.9 Å². The van der Waals surface area contributed by atoms with E-state index in [0.717, 1.165) is 24.3 Å². The largest absolute Gasteiger partial charge is 0.456 e. The first-order valence-corrected chi connectivity index (χ1v) is 8.50. The molecule has 3 rings (SSSR count). The van der Waals surface area contributed by atoms with E-state index in [1.165, 1.54) is 42.1 Å². The molecule has 0 radical (unpaired) electrons. The van der Waals surface area contributed by atoms with E-state index in [0.29, 0.717) is 0 Å². The Labute approximate surface area is 132 Å². The van der Waals surface area contributed by atoms with Gasteiger partial charge >= 0.3 is 0 Å². The number of benzene rings is 2. The summed E-state index contributed by atoms with van der Waals surface area (Å²) in [5, 5.41) is 2.50. The lowest BCUT2D eigenvalue weighted by Gasteiger charge is -2.25. The van der Waals surface area contributed by atoms with Gasteiger partial charge in [0.05, 0.1) is 5.39 Å². The fourth-order valence-corrected chi connectivity index (χ4v) is 3.07. The SMILES string of the molecule is CCCCN(CCCC)c1cccc2oc3ccccc3c12. The Balaban J connectivity index is 2.10. The average Bonchev–Trinajstić information content (AvgIpc) is 2.94. The maximum Gasteiger partial charge on any atom is 0.137 e. The van der Waals surface area contributed by atoms with Crippen molar-refractivity contribution in [3.05, 3.63) is 42.5 Å². The number of nitrogens with zero attached hydrogens (tertiary/aromatic N) is 1. The van der Waals surface area contributed by atoms with Gasteiger partial charge in [-0.2, -0.15) is 0 Å². The van der Waals surface area contributed by atoms with Crippen molar-refractivity contribution in [3.8, 4) is 0 Å². The Bertz CT molecular complexity index is 736. The number of hydrogen-bond donors (Lipinski definition) is 0. The van der Waals surface area contributed by atoms with Crippen LogP contribution in [0.3, 0.4) is 0 Å². The fourth-order valence-electron chi connectivity index (χ4n) is 3.07. The van der Waals surface area contributed by atoms with Gasteiger partial charge in [0.25, 0.3) is 0 Å². The van der Waals surface area contributed by atoms with E-state index < -0.39 is 0 Å². The van der Waals surface area contributed by atoms with Crippen molar-refractivity contribution < 1.29 is 4.42 Å². The highest BCUT2D eigenvalue weighted by atomic mass is 16.3. The Morgan fingerprint density at radius 2 is 1.50 bits per heavy atom. The topological polar surface area (TPSA) is 16.4 Å². The first-order chi connectivity index (χ1) is 10.8. The highest BCUT2D eigenvalue weighted by molar-refractivity contribution is 6.11. The molecule has 0 bridgehead atoms. The van der Waals surface area contributed by atoms with Crippen LogP contribution >= 0.6 is 0 Å². The minimum atomic E-state index is 0.982. The zero-order valence-electron chi connectivity index (χ0n) is 13.6. The second-order valence-corrected chi connectivity index (χ2v) is 5.94. The standard InChI is InChI=1S/C20H25NO/c1-3-5-14-21(15-6-4-2)17-11-9-13-19-20(17)16-10-7-8-12-18(16)22-19/h7-13H,3-6,14-15H2,1-2H3. The average molecular weight is 295 g/mol. The lowest BCUT2D eigenvalue weighted by Crippen LogP contribution is -2.25. The Kier molecular flexibility index (Phi) is 4.67. The summed E-state index contributed by atoms with van der Waals surface area (Å²) in [6, 6.07) is 14.8. The molecule has 2 nitrogen and oxygen atoms in total. The van der Waals surface area contributed by atoms with Crippen molar-refractivity contribution in [1.29, 1.82) is 0 Å². The summed E-state index contributed by atoms with van der Waals surface area (Å²) in [4.78, 5) is 2.54. The Morgan fingerprint density at radius 3 is 2.23 bits per heavy atom. The van der Waals surface area contributed by atoms with Crippen molar-refractivity contribution in [2.45, 2.75) is 39.5 Å². The molecule has 0 fully saturated rings. The van der Waals surface area contributed by atoms with Crippen molar-refractivity contribution in [2.24, 2.45) is 0 Å². The van der Waals surface area contributed by atoms with Gasteiger partial charge in [0, 0.05) is 24.2 Å². The molecule has 1 aromatic heterocycles.